The molecule has 1 N–H and O–H groups in total. The van der Waals surface area contributed by atoms with Crippen molar-refractivity contribution in [3.8, 4) is 0 Å². The van der Waals surface area contributed by atoms with Crippen LogP contribution >= 0.6 is 0 Å². The molecular weight excluding hydrogens is 386 g/mol. The van der Waals surface area contributed by atoms with Crippen molar-refractivity contribution in [3.63, 3.8) is 0 Å². The van der Waals surface area contributed by atoms with Gasteiger partial charge in [-0.3, -0.25) is 0 Å². The number of fused-ring (bicyclic) bond motifs is 1. The number of benzene rings is 2. The number of imidazole rings is 1. The molecule has 7 heteroatoms. The number of quaternary nitrogens is 1. The first-order valence-corrected chi connectivity index (χ1v) is 11.4. The fourth-order valence-corrected chi connectivity index (χ4v) is 5.21. The molecule has 0 atom stereocenters. The largest absolute Gasteiger partial charge is 0.370 e. The van der Waals surface area contributed by atoms with Crippen molar-refractivity contribution >= 4 is 21.1 Å². The van der Waals surface area contributed by atoms with E-state index >= 15 is 0 Å². The Morgan fingerprint density at radius 2 is 1.69 bits per heavy atom. The van der Waals surface area contributed by atoms with Crippen molar-refractivity contribution in [2.75, 3.05) is 26.3 Å². The van der Waals surface area contributed by atoms with Crippen molar-refractivity contribution in [3.05, 3.63) is 59.9 Å². The molecule has 6 nitrogen and oxygen atoms in total. The Labute approximate surface area is 172 Å². The number of morpholine rings is 1. The number of nitrogens with zero attached hydrogens (tertiary/aromatic N) is 2. The lowest BCUT2D eigenvalue weighted by molar-refractivity contribution is -0.922. The van der Waals surface area contributed by atoms with Gasteiger partial charge in [-0.05, 0) is 35.2 Å². The van der Waals surface area contributed by atoms with Gasteiger partial charge in [-0.2, -0.15) is 0 Å². The van der Waals surface area contributed by atoms with E-state index in [9.17, 15) is 8.42 Å². The maximum Gasteiger partial charge on any atom is 0.269 e. The normalized spacial score (nSPS) is 16.4. The molecule has 0 saturated carbocycles. The number of hydrogen-bond donors (Lipinski definition) is 1. The lowest BCUT2D eigenvalue weighted by Gasteiger charge is -2.23. The minimum absolute atomic E-state index is 0.0329. The summed E-state index contributed by atoms with van der Waals surface area (Å²) in [6.07, 6.45) is 0. The first-order chi connectivity index (χ1) is 13.8. The highest BCUT2D eigenvalue weighted by Gasteiger charge is 2.27. The van der Waals surface area contributed by atoms with Crippen LogP contribution in [-0.2, 0) is 26.7 Å². The lowest BCUT2D eigenvalue weighted by Crippen LogP contribution is -3.12. The number of hydrogen-bond acceptors (Lipinski definition) is 4. The van der Waals surface area contributed by atoms with E-state index in [0.29, 0.717) is 36.6 Å². The van der Waals surface area contributed by atoms with Crippen molar-refractivity contribution in [1.82, 2.24) is 8.96 Å². The smallest absolute Gasteiger partial charge is 0.269 e. The molecule has 0 radical (unpaired) electrons. The maximum absolute atomic E-state index is 13.6. The summed E-state index contributed by atoms with van der Waals surface area (Å²) in [5.74, 6) is 0.572. The molecule has 0 spiro atoms. The quantitative estimate of drug-likeness (QED) is 0.709. The van der Waals surface area contributed by atoms with Crippen molar-refractivity contribution in [1.29, 1.82) is 0 Å². The third kappa shape index (κ3) is 3.95. The molecule has 2 heterocycles. The van der Waals surface area contributed by atoms with Gasteiger partial charge in [0.25, 0.3) is 10.0 Å². The van der Waals surface area contributed by atoms with E-state index in [0.717, 1.165) is 18.7 Å². The first kappa shape index (κ1) is 20.1. The molecule has 1 aromatic heterocycles. The topological polar surface area (TPSA) is 65.6 Å². The molecule has 0 amide bonds. The zero-order chi connectivity index (χ0) is 20.6. The molecule has 1 fully saturated rings. The highest BCUT2D eigenvalue weighted by Crippen LogP contribution is 2.26. The van der Waals surface area contributed by atoms with Gasteiger partial charge in [0, 0.05) is 0 Å². The number of nitrogens with one attached hydrogen (secondary N) is 1. The molecule has 1 saturated heterocycles. The highest BCUT2D eigenvalue weighted by molar-refractivity contribution is 7.90. The first-order valence-electron chi connectivity index (χ1n) is 10.0. The number of aromatic nitrogens is 2. The minimum Gasteiger partial charge on any atom is -0.370 e. The Morgan fingerprint density at radius 3 is 2.34 bits per heavy atom. The maximum atomic E-state index is 13.6. The number of para-hydroxylation sites is 2. The van der Waals surface area contributed by atoms with Gasteiger partial charge in [0.15, 0.2) is 5.82 Å². The van der Waals surface area contributed by atoms with E-state index in [1.807, 2.05) is 36.4 Å². The van der Waals surface area contributed by atoms with E-state index < -0.39 is 10.0 Å². The SMILES string of the molecule is CC(C)(C)c1ccc(S(=O)(=O)n2c(C[NH+]3CCOCC3)nc3ccccc32)cc1. The van der Waals surface area contributed by atoms with Crippen LogP contribution in [0.25, 0.3) is 11.0 Å². The standard InChI is InChI=1S/C22H27N3O3S/c1-22(2,3)17-8-10-18(11-9-17)29(26,27)25-20-7-5-4-6-19(20)23-21(25)16-24-12-14-28-15-13-24/h4-11H,12-16H2,1-3H3/p+1. The Balaban J connectivity index is 1.79. The predicted molar refractivity (Wildman–Crippen MR) is 113 cm³/mol. The summed E-state index contributed by atoms with van der Waals surface area (Å²) in [6, 6.07) is 14.6. The molecule has 1 aliphatic heterocycles. The zero-order valence-electron chi connectivity index (χ0n) is 17.2. The van der Waals surface area contributed by atoms with E-state index in [1.165, 1.54) is 8.87 Å². The van der Waals surface area contributed by atoms with Gasteiger partial charge in [-0.25, -0.2) is 17.4 Å². The summed E-state index contributed by atoms with van der Waals surface area (Å²) in [7, 11) is -3.76. The van der Waals surface area contributed by atoms with Crippen LogP contribution in [0.15, 0.2) is 53.4 Å². The zero-order valence-corrected chi connectivity index (χ0v) is 18.0. The van der Waals surface area contributed by atoms with Gasteiger partial charge in [-0.1, -0.05) is 45.0 Å². The summed E-state index contributed by atoms with van der Waals surface area (Å²) in [4.78, 5) is 6.25. The van der Waals surface area contributed by atoms with Crippen LogP contribution in [-0.4, -0.2) is 43.7 Å². The molecule has 1 aliphatic rings. The third-order valence-electron chi connectivity index (χ3n) is 5.45. The molecule has 0 unspecified atom stereocenters. The van der Waals surface area contributed by atoms with Gasteiger partial charge in [0.2, 0.25) is 0 Å². The molecule has 154 valence electrons. The van der Waals surface area contributed by atoms with Crippen LogP contribution in [0, 0.1) is 0 Å². The molecule has 29 heavy (non-hydrogen) atoms. The molecule has 4 rings (SSSR count). The van der Waals surface area contributed by atoms with Crippen molar-refractivity contribution in [2.45, 2.75) is 37.6 Å². The van der Waals surface area contributed by atoms with E-state index in [2.05, 4.69) is 25.8 Å². The van der Waals surface area contributed by atoms with Gasteiger partial charge in [-0.15, -0.1) is 0 Å². The fraction of sp³-hybridized carbons (Fsp3) is 0.409. The van der Waals surface area contributed by atoms with Gasteiger partial charge in [0.1, 0.15) is 19.6 Å². The molecule has 2 aromatic carbocycles. The molecule has 0 bridgehead atoms. The van der Waals surface area contributed by atoms with E-state index in [1.54, 1.807) is 12.1 Å². The summed E-state index contributed by atoms with van der Waals surface area (Å²) in [5, 5.41) is 0. The van der Waals surface area contributed by atoms with Crippen LogP contribution in [0.5, 0.6) is 0 Å². The van der Waals surface area contributed by atoms with E-state index in [4.69, 9.17) is 4.74 Å². The molecule has 0 aliphatic carbocycles. The minimum atomic E-state index is -3.76. The average molecular weight is 415 g/mol. The monoisotopic (exact) mass is 414 g/mol. The van der Waals surface area contributed by atoms with Crippen LogP contribution in [0.2, 0.25) is 0 Å². The summed E-state index contributed by atoms with van der Waals surface area (Å²) in [5.41, 5.74) is 2.39. The third-order valence-corrected chi connectivity index (χ3v) is 7.21. The van der Waals surface area contributed by atoms with Crippen LogP contribution in [0.4, 0.5) is 0 Å². The predicted octanol–water partition coefficient (Wildman–Crippen LogP) is 1.99. The fourth-order valence-electron chi connectivity index (χ4n) is 3.73. The van der Waals surface area contributed by atoms with Gasteiger partial charge in [0.05, 0.1) is 29.1 Å². The second-order valence-corrected chi connectivity index (χ2v) is 10.4. The van der Waals surface area contributed by atoms with Crippen LogP contribution < -0.4 is 4.90 Å². The Morgan fingerprint density at radius 1 is 1.03 bits per heavy atom. The van der Waals surface area contributed by atoms with E-state index in [-0.39, 0.29) is 10.3 Å². The Hall–Kier alpha value is -2.22. The van der Waals surface area contributed by atoms with Crippen LogP contribution in [0.3, 0.4) is 0 Å². The van der Waals surface area contributed by atoms with Crippen LogP contribution in [0.1, 0.15) is 32.2 Å². The molecular formula is C22H28N3O3S+. The molecule has 3 aromatic rings. The van der Waals surface area contributed by atoms with Gasteiger partial charge < -0.3 is 9.64 Å². The number of rotatable bonds is 4. The summed E-state index contributed by atoms with van der Waals surface area (Å²) in [6.45, 7) is 9.98. The van der Waals surface area contributed by atoms with Crippen molar-refractivity contribution < 1.29 is 18.1 Å². The average Bonchev–Trinajstić information content (AvgIpc) is 3.06. The number of ether oxygens (including phenoxy) is 1. The second-order valence-electron chi connectivity index (χ2n) is 8.60. The van der Waals surface area contributed by atoms with Gasteiger partial charge >= 0.3 is 0 Å². The summed E-state index contributed by atoms with van der Waals surface area (Å²) < 4.78 is 34.1. The second kappa shape index (κ2) is 7.55. The summed E-state index contributed by atoms with van der Waals surface area (Å²) >= 11 is 0. The highest BCUT2D eigenvalue weighted by atomic mass is 32.2. The Kier molecular flexibility index (Phi) is 5.23. The Bertz CT molecular complexity index is 1110. The lowest BCUT2D eigenvalue weighted by atomic mass is 9.87. The van der Waals surface area contributed by atoms with Crippen molar-refractivity contribution in [2.24, 2.45) is 0 Å².